The maximum absolute atomic E-state index is 5.70. The Bertz CT molecular complexity index is 1230. The van der Waals surface area contributed by atoms with Crippen LogP contribution >= 0.6 is 11.3 Å². The van der Waals surface area contributed by atoms with Crippen LogP contribution in [0.2, 0.25) is 0 Å². The van der Waals surface area contributed by atoms with Crippen molar-refractivity contribution in [1.82, 2.24) is 9.80 Å². The van der Waals surface area contributed by atoms with E-state index in [1.807, 2.05) is 17.4 Å². The number of piperazine rings is 1. The molecule has 1 fully saturated rings. The van der Waals surface area contributed by atoms with Crippen molar-refractivity contribution in [3.8, 4) is 17.2 Å². The molecule has 1 aliphatic heterocycles. The maximum Gasteiger partial charge on any atom is 0.203 e. The predicted octanol–water partition coefficient (Wildman–Crippen LogP) is 8.46. The fraction of sp³-hybridized carbons (Fsp3) is 0.579. The van der Waals surface area contributed by atoms with E-state index in [1.54, 1.807) is 31.1 Å². The minimum absolute atomic E-state index is 0.674. The van der Waals surface area contributed by atoms with E-state index in [2.05, 4.69) is 66.1 Å². The fourth-order valence-corrected chi connectivity index (χ4v) is 7.32. The molecule has 1 atom stereocenters. The predicted molar refractivity (Wildman–Crippen MR) is 186 cm³/mol. The first kappa shape index (κ1) is 34.3. The van der Waals surface area contributed by atoms with Crippen LogP contribution in [0.3, 0.4) is 0 Å². The molecule has 0 radical (unpaired) electrons. The highest BCUT2D eigenvalue weighted by Gasteiger charge is 2.21. The summed E-state index contributed by atoms with van der Waals surface area (Å²) in [6, 6.07) is 18.2. The molecule has 0 saturated carbocycles. The van der Waals surface area contributed by atoms with Gasteiger partial charge in [0.25, 0.3) is 0 Å². The number of hydrogen-bond donors (Lipinski definition) is 0. The van der Waals surface area contributed by atoms with Crippen molar-refractivity contribution in [3.05, 3.63) is 75.0 Å². The van der Waals surface area contributed by atoms with Crippen LogP contribution in [0.25, 0.3) is 0 Å². The minimum Gasteiger partial charge on any atom is -0.493 e. The molecule has 4 rings (SSSR count). The van der Waals surface area contributed by atoms with E-state index in [4.69, 9.17) is 14.2 Å². The number of thiophene rings is 1. The number of benzene rings is 2. The van der Waals surface area contributed by atoms with Gasteiger partial charge in [-0.3, -0.25) is 4.90 Å². The van der Waals surface area contributed by atoms with E-state index in [0.717, 1.165) is 50.0 Å². The molecule has 1 aromatic heterocycles. The van der Waals surface area contributed by atoms with E-state index >= 15 is 0 Å². The van der Waals surface area contributed by atoms with Crippen molar-refractivity contribution in [1.29, 1.82) is 0 Å². The van der Waals surface area contributed by atoms with Gasteiger partial charge in [-0.25, -0.2) is 0 Å². The second kappa shape index (κ2) is 18.4. The summed E-state index contributed by atoms with van der Waals surface area (Å²) < 4.78 is 16.7. The molecule has 1 aliphatic rings. The Hall–Kier alpha value is -2.54. The smallest absolute Gasteiger partial charge is 0.203 e. The molecule has 0 spiro atoms. The molecule has 44 heavy (non-hydrogen) atoms. The third-order valence-corrected chi connectivity index (χ3v) is 10.4. The van der Waals surface area contributed by atoms with Gasteiger partial charge in [-0.1, -0.05) is 57.0 Å². The Kier molecular flexibility index (Phi) is 14.4. The maximum atomic E-state index is 5.70. The molecule has 0 amide bonds. The van der Waals surface area contributed by atoms with Gasteiger partial charge in [0, 0.05) is 48.0 Å². The fourth-order valence-electron chi connectivity index (χ4n) is 6.25. The van der Waals surface area contributed by atoms with E-state index in [1.165, 1.54) is 81.9 Å². The van der Waals surface area contributed by atoms with Gasteiger partial charge in [0.15, 0.2) is 11.5 Å². The number of unbranched alkanes of at least 4 members (excludes halogenated alkanes) is 2. The Morgan fingerprint density at radius 1 is 0.659 bits per heavy atom. The number of aryl methyl sites for hydroxylation is 4. The van der Waals surface area contributed by atoms with Crippen LogP contribution in [0.1, 0.15) is 78.8 Å². The van der Waals surface area contributed by atoms with Gasteiger partial charge in [0.1, 0.15) is 0 Å². The van der Waals surface area contributed by atoms with Crippen LogP contribution in [0.4, 0.5) is 0 Å². The molecule has 1 saturated heterocycles. The number of hydrogen-bond acceptors (Lipinski definition) is 6. The van der Waals surface area contributed by atoms with Gasteiger partial charge >= 0.3 is 0 Å². The molecular formula is C38H56N2O3S. The average Bonchev–Trinajstić information content (AvgIpc) is 3.51. The summed E-state index contributed by atoms with van der Waals surface area (Å²) in [7, 11) is 5.03. The molecule has 0 aliphatic carbocycles. The van der Waals surface area contributed by atoms with Gasteiger partial charge in [-0.15, -0.1) is 11.3 Å². The molecule has 2 aromatic carbocycles. The molecule has 2 heterocycles. The molecule has 3 aromatic rings. The van der Waals surface area contributed by atoms with E-state index < -0.39 is 0 Å². The summed E-state index contributed by atoms with van der Waals surface area (Å²) >= 11 is 2.04. The summed E-state index contributed by atoms with van der Waals surface area (Å²) in [4.78, 5) is 8.26. The third kappa shape index (κ3) is 10.5. The van der Waals surface area contributed by atoms with Crippen LogP contribution < -0.4 is 14.2 Å². The van der Waals surface area contributed by atoms with Crippen LogP contribution in [-0.2, 0) is 32.2 Å². The lowest BCUT2D eigenvalue weighted by molar-refractivity contribution is 0.121. The third-order valence-electron chi connectivity index (χ3n) is 9.16. The van der Waals surface area contributed by atoms with Gasteiger partial charge in [0.2, 0.25) is 5.75 Å². The van der Waals surface area contributed by atoms with E-state index in [0.29, 0.717) is 11.5 Å². The number of ether oxygens (including phenoxy) is 3. The van der Waals surface area contributed by atoms with Crippen LogP contribution in [0.5, 0.6) is 17.2 Å². The molecule has 242 valence electrons. The quantitative estimate of drug-likeness (QED) is 0.126. The van der Waals surface area contributed by atoms with Crippen molar-refractivity contribution in [3.63, 3.8) is 0 Å². The van der Waals surface area contributed by atoms with Crippen LogP contribution in [0.15, 0.2) is 48.5 Å². The molecule has 1 unspecified atom stereocenters. The molecule has 0 N–H and O–H groups in total. The second-order valence-corrected chi connectivity index (χ2v) is 13.8. The highest BCUT2D eigenvalue weighted by atomic mass is 32.1. The summed E-state index contributed by atoms with van der Waals surface area (Å²) in [5, 5.41) is 0. The highest BCUT2D eigenvalue weighted by molar-refractivity contribution is 7.11. The Labute approximate surface area is 271 Å². The zero-order valence-electron chi connectivity index (χ0n) is 28.0. The van der Waals surface area contributed by atoms with Crippen molar-refractivity contribution >= 4 is 11.3 Å². The van der Waals surface area contributed by atoms with Crippen molar-refractivity contribution in [2.24, 2.45) is 5.92 Å². The SMILES string of the molecule is CCCCCc1ccc(CCCc2ccc(CCC(C)CCN3CCN(Cc4ccc(OC)c(OC)c4OC)CC3)s2)cc1. The summed E-state index contributed by atoms with van der Waals surface area (Å²) in [6.45, 7) is 11.2. The largest absolute Gasteiger partial charge is 0.493 e. The summed E-state index contributed by atoms with van der Waals surface area (Å²) in [6.07, 6.45) is 12.5. The standard InChI is InChI=1S/C38H56N2O3S/c1-6-7-8-10-31-14-16-32(17-15-31)11-9-12-34-20-21-35(44-34)19-13-30(2)23-24-39-25-27-40(28-26-39)29-33-18-22-36(41-3)38(43-5)37(33)42-4/h14-18,20-22,30H,6-13,19,23-29H2,1-5H3. The Balaban J connectivity index is 1.10. The first-order valence-corrected chi connectivity index (χ1v) is 17.7. The van der Waals surface area contributed by atoms with Gasteiger partial charge < -0.3 is 19.1 Å². The summed E-state index contributed by atoms with van der Waals surface area (Å²) in [5.41, 5.74) is 4.12. The van der Waals surface area contributed by atoms with Gasteiger partial charge in [-0.05, 0) is 93.2 Å². The normalized spacial score (nSPS) is 14.9. The van der Waals surface area contributed by atoms with E-state index in [9.17, 15) is 0 Å². The number of rotatable bonds is 19. The lowest BCUT2D eigenvalue weighted by atomic mass is 10.0. The second-order valence-electron chi connectivity index (χ2n) is 12.5. The summed E-state index contributed by atoms with van der Waals surface area (Å²) in [5.74, 6) is 2.91. The molecule has 0 bridgehead atoms. The number of nitrogens with zero attached hydrogens (tertiary/aromatic N) is 2. The van der Waals surface area contributed by atoms with Crippen molar-refractivity contribution in [2.75, 3.05) is 54.1 Å². The van der Waals surface area contributed by atoms with E-state index in [-0.39, 0.29) is 0 Å². The minimum atomic E-state index is 0.674. The van der Waals surface area contributed by atoms with Crippen molar-refractivity contribution < 1.29 is 14.2 Å². The zero-order valence-corrected chi connectivity index (χ0v) is 28.9. The zero-order chi connectivity index (χ0) is 31.1. The molecule has 5 nitrogen and oxygen atoms in total. The van der Waals surface area contributed by atoms with Crippen LogP contribution in [-0.4, -0.2) is 63.9 Å². The monoisotopic (exact) mass is 620 g/mol. The van der Waals surface area contributed by atoms with Crippen LogP contribution in [0, 0.1) is 5.92 Å². The molecule has 6 heteroatoms. The van der Waals surface area contributed by atoms with Crippen molar-refractivity contribution in [2.45, 2.75) is 84.6 Å². The first-order valence-electron chi connectivity index (χ1n) is 16.9. The lowest BCUT2D eigenvalue weighted by Crippen LogP contribution is -2.46. The topological polar surface area (TPSA) is 34.2 Å². The Morgan fingerprint density at radius 2 is 1.30 bits per heavy atom. The number of methoxy groups -OCH3 is 3. The highest BCUT2D eigenvalue weighted by Crippen LogP contribution is 2.40. The average molecular weight is 621 g/mol. The van der Waals surface area contributed by atoms with Gasteiger partial charge in [0.05, 0.1) is 21.3 Å². The van der Waals surface area contributed by atoms with Gasteiger partial charge in [-0.2, -0.15) is 0 Å². The first-order chi connectivity index (χ1) is 21.5. The molecular weight excluding hydrogens is 564 g/mol. The lowest BCUT2D eigenvalue weighted by Gasteiger charge is -2.35. The Morgan fingerprint density at radius 3 is 1.93 bits per heavy atom.